The molecule has 0 unspecified atom stereocenters. The van der Waals surface area contributed by atoms with E-state index in [0.29, 0.717) is 0 Å². The van der Waals surface area contributed by atoms with Gasteiger partial charge in [-0.05, 0) is 42.5 Å². The van der Waals surface area contributed by atoms with Gasteiger partial charge in [-0.1, -0.05) is 18.9 Å². The molecule has 4 nitrogen and oxygen atoms in total. The minimum atomic E-state index is -0.290. The summed E-state index contributed by atoms with van der Waals surface area (Å²) >= 11 is 0. The predicted molar refractivity (Wildman–Crippen MR) is 79.8 cm³/mol. The maximum absolute atomic E-state index is 9.89. The summed E-state index contributed by atoms with van der Waals surface area (Å²) in [6, 6.07) is 6.26. The van der Waals surface area contributed by atoms with Gasteiger partial charge in [0.15, 0.2) is 0 Å². The number of hydrogen-bond acceptors (Lipinski definition) is 4. The number of rotatable bonds is 2. The van der Waals surface area contributed by atoms with Crippen molar-refractivity contribution < 1.29 is 19.3 Å². The van der Waals surface area contributed by atoms with Gasteiger partial charge in [-0.25, -0.2) is 0 Å². The van der Waals surface area contributed by atoms with Crippen molar-refractivity contribution in [2.45, 2.75) is 56.0 Å². The summed E-state index contributed by atoms with van der Waals surface area (Å²) in [6.07, 6.45) is 5.57. The van der Waals surface area contributed by atoms with Crippen molar-refractivity contribution >= 4 is 0 Å². The van der Waals surface area contributed by atoms with Crippen molar-refractivity contribution in [3.8, 4) is 5.75 Å². The van der Waals surface area contributed by atoms with Crippen LogP contribution in [-0.2, 0) is 9.47 Å². The highest BCUT2D eigenvalue weighted by Crippen LogP contribution is 2.73. The highest BCUT2D eigenvalue weighted by atomic mass is 16.6. The van der Waals surface area contributed by atoms with E-state index >= 15 is 0 Å². The Balaban J connectivity index is 1.72. The molecule has 118 valence electrons. The lowest BCUT2D eigenvalue weighted by atomic mass is 9.57. The first-order valence-electron chi connectivity index (χ1n) is 8.36. The lowest BCUT2D eigenvalue weighted by Crippen LogP contribution is -2.52. The molecule has 1 aromatic rings. The maximum atomic E-state index is 9.89. The third-order valence-electron chi connectivity index (χ3n) is 6.58. The van der Waals surface area contributed by atoms with Gasteiger partial charge in [0, 0.05) is 5.41 Å². The first-order valence-corrected chi connectivity index (χ1v) is 8.36. The van der Waals surface area contributed by atoms with Crippen LogP contribution in [0.2, 0.25) is 0 Å². The lowest BCUT2D eigenvalue weighted by Gasteiger charge is -2.45. The molecule has 1 N–H and O–H groups in total. The monoisotopic (exact) mass is 302 g/mol. The number of aliphatic hydroxyl groups excluding tert-OH is 1. The van der Waals surface area contributed by atoms with Crippen molar-refractivity contribution in [1.29, 1.82) is 0 Å². The molecule has 0 amide bonds. The van der Waals surface area contributed by atoms with Crippen molar-refractivity contribution in [3.63, 3.8) is 0 Å². The first-order chi connectivity index (χ1) is 10.7. The van der Waals surface area contributed by atoms with E-state index in [2.05, 4.69) is 12.1 Å². The molecule has 0 aromatic heterocycles. The Bertz CT molecular complexity index is 630. The fourth-order valence-electron chi connectivity index (χ4n) is 5.72. The van der Waals surface area contributed by atoms with E-state index in [9.17, 15) is 5.11 Å². The zero-order valence-electron chi connectivity index (χ0n) is 12.9. The molecule has 4 heteroatoms. The van der Waals surface area contributed by atoms with E-state index in [4.69, 9.17) is 14.2 Å². The van der Waals surface area contributed by atoms with Crippen LogP contribution in [0.4, 0.5) is 0 Å². The zero-order valence-corrected chi connectivity index (χ0v) is 12.9. The average Bonchev–Trinajstić information content (AvgIpc) is 3.01. The molecule has 4 aliphatic rings. The van der Waals surface area contributed by atoms with Gasteiger partial charge in [0.25, 0.3) is 0 Å². The third-order valence-corrected chi connectivity index (χ3v) is 6.58. The fraction of sp³-hybridized carbons (Fsp3) is 0.667. The van der Waals surface area contributed by atoms with Crippen molar-refractivity contribution in [3.05, 3.63) is 29.3 Å². The van der Waals surface area contributed by atoms with Gasteiger partial charge >= 0.3 is 0 Å². The van der Waals surface area contributed by atoms with Crippen LogP contribution in [0, 0.1) is 5.41 Å². The van der Waals surface area contributed by atoms with Crippen LogP contribution in [-0.4, -0.2) is 30.5 Å². The summed E-state index contributed by atoms with van der Waals surface area (Å²) in [5.41, 5.74) is 2.22. The average molecular weight is 302 g/mol. The highest BCUT2D eigenvalue weighted by molar-refractivity contribution is 5.45. The molecule has 5 atom stereocenters. The van der Waals surface area contributed by atoms with E-state index in [1.165, 1.54) is 24.0 Å². The maximum Gasteiger partial charge on any atom is 0.119 e. The zero-order chi connectivity index (χ0) is 14.9. The van der Waals surface area contributed by atoms with Gasteiger partial charge in [0.1, 0.15) is 17.5 Å². The Morgan fingerprint density at radius 3 is 2.95 bits per heavy atom. The van der Waals surface area contributed by atoms with Crippen molar-refractivity contribution in [2.24, 2.45) is 5.41 Å². The van der Waals surface area contributed by atoms with Gasteiger partial charge < -0.3 is 19.3 Å². The van der Waals surface area contributed by atoms with Crippen LogP contribution < -0.4 is 4.74 Å². The van der Waals surface area contributed by atoms with Crippen LogP contribution in [0.3, 0.4) is 0 Å². The molecular formula is C18H22O4. The summed E-state index contributed by atoms with van der Waals surface area (Å²) in [6.45, 7) is 0.0459. The molecule has 2 heterocycles. The minimum absolute atomic E-state index is 0.0359. The molecule has 5 rings (SSSR count). The van der Waals surface area contributed by atoms with Crippen LogP contribution in [0.1, 0.15) is 55.4 Å². The molecule has 1 aromatic carbocycles. The molecular weight excluding hydrogens is 280 g/mol. The van der Waals surface area contributed by atoms with E-state index < -0.39 is 0 Å². The van der Waals surface area contributed by atoms with Gasteiger partial charge in [0.05, 0.1) is 25.9 Å². The molecule has 22 heavy (non-hydrogen) atoms. The first kappa shape index (κ1) is 13.3. The summed E-state index contributed by atoms with van der Waals surface area (Å²) in [5, 5.41) is 9.89. The predicted octanol–water partition coefficient (Wildman–Crippen LogP) is 2.90. The Kier molecular flexibility index (Phi) is 2.58. The molecule has 3 fully saturated rings. The minimum Gasteiger partial charge on any atom is -0.497 e. The van der Waals surface area contributed by atoms with E-state index in [1.54, 1.807) is 7.11 Å². The second-order valence-electron chi connectivity index (χ2n) is 7.25. The summed E-state index contributed by atoms with van der Waals surface area (Å²) < 4.78 is 18.4. The van der Waals surface area contributed by atoms with Crippen LogP contribution in [0.5, 0.6) is 5.75 Å². The standard InChI is InChI=1S/C18H22O4/c1-20-11-4-5-12-13(8-11)16-17-6-2-3-7-18(17,15(10-19)21-16)22-14(12)9-17/h4-5,8,14-16,19H,2-3,6-7,9-10H2,1H3/t14-,15+,16-,17+,18-/m1/s1. The quantitative estimate of drug-likeness (QED) is 0.912. The Hall–Kier alpha value is -1.10. The second-order valence-corrected chi connectivity index (χ2v) is 7.25. The molecule has 2 aliphatic carbocycles. The normalized spacial score (nSPS) is 44.5. The van der Waals surface area contributed by atoms with Gasteiger partial charge in [0.2, 0.25) is 0 Å². The molecule has 1 saturated carbocycles. The second kappa shape index (κ2) is 4.25. The van der Waals surface area contributed by atoms with Crippen molar-refractivity contribution in [1.82, 2.24) is 0 Å². The fourth-order valence-corrected chi connectivity index (χ4v) is 5.72. The van der Waals surface area contributed by atoms with Crippen molar-refractivity contribution in [2.75, 3.05) is 13.7 Å². The number of methoxy groups -OCH3 is 1. The van der Waals surface area contributed by atoms with E-state index in [-0.39, 0.29) is 35.9 Å². The largest absolute Gasteiger partial charge is 0.497 e. The van der Waals surface area contributed by atoms with Gasteiger partial charge in [-0.2, -0.15) is 0 Å². The lowest BCUT2D eigenvalue weighted by molar-refractivity contribution is -0.139. The molecule has 2 aliphatic heterocycles. The summed E-state index contributed by atoms with van der Waals surface area (Å²) in [5.74, 6) is 0.869. The summed E-state index contributed by atoms with van der Waals surface area (Å²) in [4.78, 5) is 0. The Labute approximate surface area is 130 Å². The number of benzene rings is 1. The van der Waals surface area contributed by atoms with Gasteiger partial charge in [-0.15, -0.1) is 0 Å². The number of ether oxygens (including phenoxy) is 3. The van der Waals surface area contributed by atoms with Crippen LogP contribution >= 0.6 is 0 Å². The molecule has 0 radical (unpaired) electrons. The molecule has 2 saturated heterocycles. The topological polar surface area (TPSA) is 47.9 Å². The van der Waals surface area contributed by atoms with Crippen LogP contribution in [0.15, 0.2) is 18.2 Å². The Morgan fingerprint density at radius 1 is 1.27 bits per heavy atom. The number of hydrogen-bond donors (Lipinski definition) is 1. The molecule has 2 bridgehead atoms. The third kappa shape index (κ3) is 1.31. The van der Waals surface area contributed by atoms with Gasteiger partial charge in [-0.3, -0.25) is 0 Å². The summed E-state index contributed by atoms with van der Waals surface area (Å²) in [7, 11) is 1.70. The number of fused-ring (bicyclic) bond motifs is 4. The highest BCUT2D eigenvalue weighted by Gasteiger charge is 2.74. The molecule has 1 spiro atoms. The van der Waals surface area contributed by atoms with Crippen LogP contribution in [0.25, 0.3) is 0 Å². The van der Waals surface area contributed by atoms with E-state index in [0.717, 1.165) is 25.0 Å². The number of aliphatic hydroxyl groups is 1. The van der Waals surface area contributed by atoms with E-state index in [1.807, 2.05) is 6.07 Å². The Morgan fingerprint density at radius 2 is 2.14 bits per heavy atom. The SMILES string of the molecule is COc1ccc2c(c1)[C@H]1O[C@@H](CO)[C@]34CCCC[C@]13C[C@H]2O4. The smallest absolute Gasteiger partial charge is 0.119 e.